The molecule has 2 rings (SSSR count). The molecule has 0 radical (unpaired) electrons. The Morgan fingerprint density at radius 2 is 1.93 bits per heavy atom. The second kappa shape index (κ2) is 8.65. The number of alkyl halides is 1. The normalized spacial score (nSPS) is 12.8. The fourth-order valence-electron chi connectivity index (χ4n) is 2.11. The first-order chi connectivity index (χ1) is 13.0. The topological polar surface area (TPSA) is 171 Å². The third-order valence-electron chi connectivity index (χ3n) is 3.53. The van der Waals surface area contributed by atoms with E-state index >= 15 is 0 Å². The van der Waals surface area contributed by atoms with E-state index in [1.54, 1.807) is 18.2 Å². The zero-order chi connectivity index (χ0) is 21.1. The molecular weight excluding hydrogens is 431 g/mol. The predicted octanol–water partition coefficient (Wildman–Crippen LogP) is 2.41. The monoisotopic (exact) mass is 446 g/mol. The van der Waals surface area contributed by atoms with Crippen molar-refractivity contribution in [1.82, 2.24) is 0 Å². The van der Waals surface area contributed by atoms with Crippen LogP contribution in [0.25, 0.3) is 10.4 Å². The highest BCUT2D eigenvalue weighted by molar-refractivity contribution is 7.20. The maximum Gasteiger partial charge on any atom is 0.339 e. The molecule has 0 unspecified atom stereocenters. The summed E-state index contributed by atoms with van der Waals surface area (Å²) in [6.45, 7) is -0.0666. The molecule has 12 heteroatoms. The van der Waals surface area contributed by atoms with E-state index in [2.05, 4.69) is 5.32 Å². The van der Waals surface area contributed by atoms with Gasteiger partial charge in [-0.3, -0.25) is 10.1 Å². The molecular formula is C16H16Cl2N4O5S. The first-order valence-electron chi connectivity index (χ1n) is 7.65. The molecule has 0 saturated heterocycles. The Hall–Kier alpha value is -2.53. The molecule has 0 aliphatic heterocycles. The number of thiophene rings is 1. The third-order valence-corrected chi connectivity index (χ3v) is 5.28. The Balaban J connectivity index is 2.19. The van der Waals surface area contributed by atoms with E-state index in [0.29, 0.717) is 16.2 Å². The average Bonchev–Trinajstić information content (AvgIpc) is 2.99. The van der Waals surface area contributed by atoms with Gasteiger partial charge in [0, 0.05) is 11.3 Å². The molecule has 1 atom stereocenters. The van der Waals surface area contributed by atoms with Crippen LogP contribution in [0.4, 0.5) is 9.80 Å². The molecule has 1 aromatic heterocycles. The van der Waals surface area contributed by atoms with E-state index in [4.69, 9.17) is 50.2 Å². The van der Waals surface area contributed by atoms with Crippen LogP contribution in [0.15, 0.2) is 24.3 Å². The zero-order valence-corrected chi connectivity index (χ0v) is 16.5. The number of rotatable bonds is 8. The SMILES string of the molecule is NC(=O)Nc1sc(-c2ccc(OCC[C@@](N)(Cl)C(=O)O)c(Cl)c2)cc1C(N)=O. The first-order valence-corrected chi connectivity index (χ1v) is 9.22. The Bertz CT molecular complexity index is 932. The van der Waals surface area contributed by atoms with Crippen molar-refractivity contribution >= 4 is 57.4 Å². The number of nitrogens with two attached hydrogens (primary N) is 3. The van der Waals surface area contributed by atoms with Crippen LogP contribution in [0, 0.1) is 0 Å². The van der Waals surface area contributed by atoms with Crippen LogP contribution < -0.4 is 27.3 Å². The number of halogens is 2. The Kier molecular flexibility index (Phi) is 6.73. The van der Waals surface area contributed by atoms with Gasteiger partial charge in [0.2, 0.25) is 0 Å². The highest BCUT2D eigenvalue weighted by Gasteiger charge is 2.31. The molecule has 0 aliphatic rings. The van der Waals surface area contributed by atoms with Gasteiger partial charge in [-0.05, 0) is 29.8 Å². The Morgan fingerprint density at radius 1 is 1.25 bits per heavy atom. The molecule has 28 heavy (non-hydrogen) atoms. The van der Waals surface area contributed by atoms with Gasteiger partial charge >= 0.3 is 12.0 Å². The summed E-state index contributed by atoms with van der Waals surface area (Å²) in [5.41, 5.74) is 16.6. The van der Waals surface area contributed by atoms with Crippen LogP contribution in [-0.4, -0.2) is 34.6 Å². The number of anilines is 1. The number of urea groups is 1. The summed E-state index contributed by atoms with van der Waals surface area (Å²) in [6, 6.07) is 5.49. The van der Waals surface area contributed by atoms with Gasteiger partial charge in [-0.15, -0.1) is 11.3 Å². The van der Waals surface area contributed by atoms with Crippen LogP contribution in [0.2, 0.25) is 5.02 Å². The molecule has 8 N–H and O–H groups in total. The van der Waals surface area contributed by atoms with Crippen molar-refractivity contribution in [2.24, 2.45) is 17.2 Å². The van der Waals surface area contributed by atoms with E-state index in [9.17, 15) is 14.4 Å². The quantitative estimate of drug-likeness (QED) is 0.307. The van der Waals surface area contributed by atoms with Crippen LogP contribution in [0.3, 0.4) is 0 Å². The number of amides is 3. The fraction of sp³-hybridized carbons (Fsp3) is 0.188. The maximum absolute atomic E-state index is 11.5. The molecule has 0 aliphatic carbocycles. The number of carbonyl (C=O) groups is 3. The summed E-state index contributed by atoms with van der Waals surface area (Å²) in [4.78, 5) is 32.2. The van der Waals surface area contributed by atoms with Gasteiger partial charge in [0.1, 0.15) is 10.8 Å². The highest BCUT2D eigenvalue weighted by atomic mass is 35.5. The lowest BCUT2D eigenvalue weighted by molar-refractivity contribution is -0.140. The summed E-state index contributed by atoms with van der Waals surface area (Å²) in [6.07, 6.45) is -0.142. The highest BCUT2D eigenvalue weighted by Crippen LogP contribution is 2.38. The number of benzene rings is 1. The molecule has 1 heterocycles. The summed E-state index contributed by atoms with van der Waals surface area (Å²) < 4.78 is 5.43. The number of hydrogen-bond acceptors (Lipinski definition) is 6. The second-order valence-corrected chi connectivity index (χ2v) is 7.75. The standard InChI is InChI=1S/C16H16Cl2N4O5S/c17-9-5-7(1-2-10(9)27-4-3-16(18,21)14(24)25)11-6-8(12(19)23)13(28-11)22-15(20)26/h1-2,5-6H,3-4,21H2,(H2,19,23)(H,24,25)(H3,20,22,26)/t16-/m0/s1. The molecule has 0 spiro atoms. The van der Waals surface area contributed by atoms with E-state index < -0.39 is 22.9 Å². The van der Waals surface area contributed by atoms with Gasteiger partial charge < -0.3 is 27.0 Å². The molecule has 9 nitrogen and oxygen atoms in total. The first kappa shape index (κ1) is 21.8. The van der Waals surface area contributed by atoms with Crippen molar-refractivity contribution < 1.29 is 24.2 Å². The van der Waals surface area contributed by atoms with Crippen molar-refractivity contribution in [3.05, 3.63) is 34.9 Å². The van der Waals surface area contributed by atoms with Gasteiger partial charge in [-0.25, -0.2) is 9.59 Å². The number of hydrogen-bond donors (Lipinski definition) is 5. The van der Waals surface area contributed by atoms with Gasteiger partial charge in [0.15, 0.2) is 5.00 Å². The lowest BCUT2D eigenvalue weighted by Crippen LogP contribution is -2.43. The number of carboxylic acid groups (broad SMARTS) is 1. The lowest BCUT2D eigenvalue weighted by Gasteiger charge is -2.17. The van der Waals surface area contributed by atoms with Crippen LogP contribution >= 0.6 is 34.5 Å². The fourth-order valence-corrected chi connectivity index (χ4v) is 3.48. The van der Waals surface area contributed by atoms with Crippen LogP contribution in [0.5, 0.6) is 5.75 Å². The molecule has 3 amide bonds. The minimum absolute atomic E-state index is 0.0666. The van der Waals surface area contributed by atoms with Gasteiger partial charge in [0.05, 0.1) is 17.2 Å². The Morgan fingerprint density at radius 3 is 2.46 bits per heavy atom. The van der Waals surface area contributed by atoms with Gasteiger partial charge in [0.25, 0.3) is 5.91 Å². The van der Waals surface area contributed by atoms with Crippen molar-refractivity contribution in [1.29, 1.82) is 0 Å². The predicted molar refractivity (Wildman–Crippen MR) is 107 cm³/mol. The lowest BCUT2D eigenvalue weighted by atomic mass is 10.1. The van der Waals surface area contributed by atoms with Crippen molar-refractivity contribution in [2.45, 2.75) is 11.4 Å². The van der Waals surface area contributed by atoms with Crippen molar-refractivity contribution in [3.63, 3.8) is 0 Å². The van der Waals surface area contributed by atoms with Crippen molar-refractivity contribution in [2.75, 3.05) is 11.9 Å². The smallest absolute Gasteiger partial charge is 0.339 e. The van der Waals surface area contributed by atoms with Crippen LogP contribution in [0.1, 0.15) is 16.8 Å². The minimum Gasteiger partial charge on any atom is -0.492 e. The molecule has 2 aromatic rings. The largest absolute Gasteiger partial charge is 0.492 e. The minimum atomic E-state index is -1.93. The molecule has 0 bridgehead atoms. The van der Waals surface area contributed by atoms with Crippen molar-refractivity contribution in [3.8, 4) is 16.2 Å². The molecule has 0 fully saturated rings. The summed E-state index contributed by atoms with van der Waals surface area (Å²) in [5, 5.41) is 11.7. The summed E-state index contributed by atoms with van der Waals surface area (Å²) in [7, 11) is 0. The zero-order valence-electron chi connectivity index (χ0n) is 14.2. The Labute approximate surface area is 173 Å². The number of nitrogens with one attached hydrogen (secondary N) is 1. The summed E-state index contributed by atoms with van der Waals surface area (Å²) in [5.74, 6) is -1.78. The number of aliphatic carboxylic acids is 1. The molecule has 0 saturated carbocycles. The number of ether oxygens (including phenoxy) is 1. The molecule has 1 aromatic carbocycles. The average molecular weight is 447 g/mol. The van der Waals surface area contributed by atoms with E-state index in [-0.39, 0.29) is 28.6 Å². The van der Waals surface area contributed by atoms with E-state index in [1.165, 1.54) is 6.07 Å². The van der Waals surface area contributed by atoms with Gasteiger partial charge in [-0.2, -0.15) is 0 Å². The second-order valence-electron chi connectivity index (χ2n) is 5.62. The maximum atomic E-state index is 11.5. The summed E-state index contributed by atoms with van der Waals surface area (Å²) >= 11 is 13.0. The van der Waals surface area contributed by atoms with E-state index in [1.807, 2.05) is 0 Å². The van der Waals surface area contributed by atoms with E-state index in [0.717, 1.165) is 11.3 Å². The number of carbonyl (C=O) groups excluding carboxylic acids is 2. The number of primary amides is 2. The third kappa shape index (κ3) is 5.26. The van der Waals surface area contributed by atoms with Gasteiger partial charge in [-0.1, -0.05) is 23.2 Å². The molecule has 150 valence electrons. The van der Waals surface area contributed by atoms with Crippen LogP contribution in [-0.2, 0) is 4.79 Å². The number of carboxylic acids is 1.